The lowest BCUT2D eigenvalue weighted by atomic mass is 10.1. The molecule has 110 valence electrons. The Morgan fingerprint density at radius 2 is 2.15 bits per heavy atom. The van der Waals surface area contributed by atoms with Crippen LogP contribution in [0, 0.1) is 17.7 Å². The number of hydrogen-bond donors (Lipinski definition) is 2. The second-order valence-electron chi connectivity index (χ2n) is 5.21. The first-order valence-corrected chi connectivity index (χ1v) is 7.94. The number of primary sulfonamides is 1. The molecule has 0 bridgehead atoms. The molecule has 7 heteroatoms. The maximum Gasteiger partial charge on any atom is 0.254 e. The zero-order valence-electron chi connectivity index (χ0n) is 11.1. The molecule has 0 saturated heterocycles. The minimum Gasteiger partial charge on any atom is -0.352 e. The minimum absolute atomic E-state index is 0.180. The summed E-state index contributed by atoms with van der Waals surface area (Å²) in [4.78, 5) is 11.5. The van der Waals surface area contributed by atoms with E-state index in [1.165, 1.54) is 12.8 Å². The summed E-state index contributed by atoms with van der Waals surface area (Å²) in [5.41, 5.74) is -0.180. The molecule has 1 aromatic carbocycles. The van der Waals surface area contributed by atoms with Gasteiger partial charge in [-0.3, -0.25) is 4.79 Å². The Balaban J connectivity index is 2.06. The van der Waals surface area contributed by atoms with Crippen LogP contribution in [0.15, 0.2) is 23.1 Å². The average Bonchev–Trinajstić information content (AvgIpc) is 3.18. The topological polar surface area (TPSA) is 89.3 Å². The molecule has 1 saturated carbocycles. The highest BCUT2D eigenvalue weighted by Crippen LogP contribution is 2.36. The van der Waals surface area contributed by atoms with Crippen LogP contribution in [0.2, 0.25) is 0 Å². The normalized spacial score (nSPS) is 16.8. The van der Waals surface area contributed by atoms with Crippen molar-refractivity contribution in [2.24, 2.45) is 17.0 Å². The summed E-state index contributed by atoms with van der Waals surface area (Å²) >= 11 is 0. The fourth-order valence-corrected chi connectivity index (χ4v) is 2.56. The molecular formula is C13H17FN2O3S. The van der Waals surface area contributed by atoms with Crippen LogP contribution in [-0.4, -0.2) is 20.9 Å². The number of rotatable bonds is 5. The van der Waals surface area contributed by atoms with E-state index in [9.17, 15) is 17.6 Å². The number of carbonyl (C=O) groups excluding carboxylic acids is 1. The van der Waals surface area contributed by atoms with E-state index in [1.54, 1.807) is 0 Å². The number of halogens is 1. The van der Waals surface area contributed by atoms with Crippen molar-refractivity contribution in [1.29, 1.82) is 0 Å². The van der Waals surface area contributed by atoms with Crippen molar-refractivity contribution >= 4 is 15.9 Å². The van der Waals surface area contributed by atoms with E-state index in [0.29, 0.717) is 18.4 Å². The van der Waals surface area contributed by atoms with Crippen LogP contribution in [0.3, 0.4) is 0 Å². The minimum atomic E-state index is -3.97. The van der Waals surface area contributed by atoms with Crippen molar-refractivity contribution in [3.05, 3.63) is 29.6 Å². The van der Waals surface area contributed by atoms with Gasteiger partial charge in [0.2, 0.25) is 10.0 Å². The Labute approximate surface area is 117 Å². The van der Waals surface area contributed by atoms with E-state index < -0.39 is 21.7 Å². The Bertz CT molecular complexity index is 627. The third-order valence-corrected chi connectivity index (χ3v) is 4.44. The molecule has 0 heterocycles. The lowest BCUT2D eigenvalue weighted by molar-refractivity contribution is 0.0942. The highest BCUT2D eigenvalue weighted by atomic mass is 32.2. The first kappa shape index (κ1) is 14.9. The molecule has 1 amide bonds. The monoisotopic (exact) mass is 300 g/mol. The van der Waals surface area contributed by atoms with Gasteiger partial charge in [0.05, 0.1) is 10.5 Å². The highest BCUT2D eigenvalue weighted by molar-refractivity contribution is 7.89. The van der Waals surface area contributed by atoms with Crippen molar-refractivity contribution in [3.8, 4) is 0 Å². The number of amides is 1. The number of carbonyl (C=O) groups is 1. The number of nitrogens with one attached hydrogen (secondary N) is 1. The van der Waals surface area contributed by atoms with Gasteiger partial charge in [-0.2, -0.15) is 0 Å². The summed E-state index contributed by atoms with van der Waals surface area (Å²) in [5.74, 6) is -0.431. The lowest BCUT2D eigenvalue weighted by Crippen LogP contribution is -2.29. The molecule has 20 heavy (non-hydrogen) atoms. The fourth-order valence-electron chi connectivity index (χ4n) is 2.04. The van der Waals surface area contributed by atoms with Gasteiger partial charge in [-0.15, -0.1) is 0 Å². The Kier molecular flexibility index (Phi) is 4.10. The van der Waals surface area contributed by atoms with Crippen LogP contribution in [0.5, 0.6) is 0 Å². The average molecular weight is 300 g/mol. The quantitative estimate of drug-likeness (QED) is 0.857. The Morgan fingerprint density at radius 1 is 1.50 bits per heavy atom. The first-order chi connectivity index (χ1) is 9.29. The van der Waals surface area contributed by atoms with Crippen LogP contribution in [0.4, 0.5) is 4.39 Å². The molecule has 0 radical (unpaired) electrons. The van der Waals surface area contributed by atoms with E-state index in [1.807, 2.05) is 6.92 Å². The molecule has 3 N–H and O–H groups in total. The largest absolute Gasteiger partial charge is 0.352 e. The van der Waals surface area contributed by atoms with Crippen molar-refractivity contribution in [2.45, 2.75) is 24.7 Å². The zero-order chi connectivity index (χ0) is 14.9. The Morgan fingerprint density at radius 3 is 2.65 bits per heavy atom. The van der Waals surface area contributed by atoms with Crippen LogP contribution in [0.25, 0.3) is 0 Å². The third-order valence-electron chi connectivity index (χ3n) is 3.53. The Hall–Kier alpha value is -1.47. The predicted molar refractivity (Wildman–Crippen MR) is 72.0 cm³/mol. The smallest absolute Gasteiger partial charge is 0.254 e. The van der Waals surface area contributed by atoms with E-state index in [2.05, 4.69) is 5.32 Å². The van der Waals surface area contributed by atoms with E-state index in [-0.39, 0.29) is 10.5 Å². The summed E-state index contributed by atoms with van der Waals surface area (Å²) in [7, 11) is -3.97. The molecule has 1 fully saturated rings. The molecule has 0 aliphatic heterocycles. The molecule has 1 unspecified atom stereocenters. The number of nitrogens with two attached hydrogens (primary N) is 1. The van der Waals surface area contributed by atoms with Gasteiger partial charge in [0.15, 0.2) is 0 Å². The molecule has 0 aromatic heterocycles. The van der Waals surface area contributed by atoms with Gasteiger partial charge in [-0.25, -0.2) is 17.9 Å². The predicted octanol–water partition coefficient (Wildman–Crippen LogP) is 1.25. The number of hydrogen-bond acceptors (Lipinski definition) is 3. The van der Waals surface area contributed by atoms with Crippen molar-refractivity contribution in [3.63, 3.8) is 0 Å². The van der Waals surface area contributed by atoms with Crippen molar-refractivity contribution in [2.75, 3.05) is 6.54 Å². The fraction of sp³-hybridized carbons (Fsp3) is 0.462. The zero-order valence-corrected chi connectivity index (χ0v) is 11.9. The van der Waals surface area contributed by atoms with Gasteiger partial charge < -0.3 is 5.32 Å². The molecular weight excluding hydrogens is 283 g/mol. The summed E-state index contributed by atoms with van der Waals surface area (Å²) in [5, 5.41) is 7.55. The molecule has 1 aliphatic rings. The molecule has 5 nitrogen and oxygen atoms in total. The molecule has 1 atom stereocenters. The highest BCUT2D eigenvalue weighted by Gasteiger charge is 2.28. The standard InChI is InChI=1S/C13H17FN2O3S/c1-8(9-2-3-9)7-16-13(17)11-5-4-10(6-12(11)14)20(15,18)19/h4-6,8-9H,2-3,7H2,1H3,(H,16,17)(H2,15,18,19). The third kappa shape index (κ3) is 3.55. The molecule has 0 spiro atoms. The van der Waals surface area contributed by atoms with Gasteiger partial charge in [0.1, 0.15) is 5.82 Å². The second-order valence-corrected chi connectivity index (χ2v) is 6.77. The van der Waals surface area contributed by atoms with E-state index >= 15 is 0 Å². The summed E-state index contributed by atoms with van der Waals surface area (Å²) in [6.07, 6.45) is 2.35. The number of sulfonamides is 1. The SMILES string of the molecule is CC(CNC(=O)c1ccc(S(N)(=O)=O)cc1F)C1CC1. The van der Waals surface area contributed by atoms with E-state index in [4.69, 9.17) is 5.14 Å². The van der Waals surface area contributed by atoms with Crippen LogP contribution < -0.4 is 10.5 Å². The van der Waals surface area contributed by atoms with E-state index in [0.717, 1.165) is 18.2 Å². The second kappa shape index (κ2) is 5.49. The van der Waals surface area contributed by atoms with Crippen LogP contribution in [-0.2, 0) is 10.0 Å². The first-order valence-electron chi connectivity index (χ1n) is 6.39. The molecule has 2 rings (SSSR count). The summed E-state index contributed by atoms with van der Waals surface area (Å²) in [6.45, 7) is 2.53. The van der Waals surface area contributed by atoms with Crippen molar-refractivity contribution < 1.29 is 17.6 Å². The van der Waals surface area contributed by atoms with Gasteiger partial charge in [0.25, 0.3) is 5.91 Å². The number of benzene rings is 1. The van der Waals surface area contributed by atoms with Gasteiger partial charge in [-0.05, 0) is 42.9 Å². The summed E-state index contributed by atoms with van der Waals surface area (Å²) < 4.78 is 35.9. The van der Waals surface area contributed by atoms with Crippen molar-refractivity contribution in [1.82, 2.24) is 5.32 Å². The maximum atomic E-state index is 13.7. The van der Waals surface area contributed by atoms with Gasteiger partial charge in [0, 0.05) is 6.54 Å². The van der Waals surface area contributed by atoms with Gasteiger partial charge in [-0.1, -0.05) is 6.92 Å². The molecule has 1 aromatic rings. The lowest BCUT2D eigenvalue weighted by Gasteiger charge is -2.12. The maximum absolute atomic E-state index is 13.7. The van der Waals surface area contributed by atoms with Crippen LogP contribution in [0.1, 0.15) is 30.1 Å². The summed E-state index contributed by atoms with van der Waals surface area (Å²) in [6, 6.07) is 3.01. The van der Waals surface area contributed by atoms with Gasteiger partial charge >= 0.3 is 0 Å². The molecule has 1 aliphatic carbocycles. The van der Waals surface area contributed by atoms with Crippen LogP contribution >= 0.6 is 0 Å².